The highest BCUT2D eigenvalue weighted by molar-refractivity contribution is 7.99. The number of halogens is 2. The zero-order chi connectivity index (χ0) is 20.9. The summed E-state index contributed by atoms with van der Waals surface area (Å²) in [4.78, 5) is 3.44. The van der Waals surface area contributed by atoms with Gasteiger partial charge in [-0.3, -0.25) is 0 Å². The predicted octanol–water partition coefficient (Wildman–Crippen LogP) is 5.58. The standard InChI is InChI=1S/C24H23F2NO2S/c25-20-9-8-18(15-21(20)26)23-10-11-27(22-6-1-2-7-24(22)30-23)16-17-4-3-5-19(14-17)29-13-12-28/h1-9,14-15,23,28H,10-13,16H2. The summed E-state index contributed by atoms with van der Waals surface area (Å²) < 4.78 is 32.7. The highest BCUT2D eigenvalue weighted by Crippen LogP contribution is 2.45. The van der Waals surface area contributed by atoms with Crippen molar-refractivity contribution in [1.29, 1.82) is 0 Å². The molecule has 30 heavy (non-hydrogen) atoms. The SMILES string of the molecule is OCCOc1cccc(CN2CCC(c3ccc(F)c(F)c3)Sc3ccccc32)c1. The maximum absolute atomic E-state index is 13.8. The van der Waals surface area contributed by atoms with Crippen LogP contribution in [-0.2, 0) is 6.54 Å². The number of ether oxygens (including phenoxy) is 1. The topological polar surface area (TPSA) is 32.7 Å². The molecule has 4 rings (SSSR count). The molecule has 0 aromatic heterocycles. The van der Waals surface area contributed by atoms with Crippen molar-refractivity contribution in [2.75, 3.05) is 24.7 Å². The number of hydrogen-bond donors (Lipinski definition) is 1. The number of thioether (sulfide) groups is 1. The number of rotatable bonds is 6. The second kappa shape index (κ2) is 9.49. The van der Waals surface area contributed by atoms with Crippen molar-refractivity contribution in [2.24, 2.45) is 0 Å². The first-order valence-electron chi connectivity index (χ1n) is 9.92. The molecule has 0 saturated heterocycles. The molecule has 3 nitrogen and oxygen atoms in total. The minimum atomic E-state index is -0.817. The van der Waals surface area contributed by atoms with E-state index in [-0.39, 0.29) is 18.5 Å². The second-order valence-corrected chi connectivity index (χ2v) is 8.42. The van der Waals surface area contributed by atoms with Gasteiger partial charge in [0, 0.05) is 23.2 Å². The molecule has 3 aromatic carbocycles. The van der Waals surface area contributed by atoms with Crippen LogP contribution in [0.1, 0.15) is 22.8 Å². The van der Waals surface area contributed by atoms with E-state index in [1.807, 2.05) is 30.3 Å². The van der Waals surface area contributed by atoms with Crippen molar-refractivity contribution in [1.82, 2.24) is 0 Å². The molecule has 3 aromatic rings. The summed E-state index contributed by atoms with van der Waals surface area (Å²) in [5, 5.41) is 9.02. The molecule has 156 valence electrons. The molecule has 1 aliphatic rings. The molecule has 1 atom stereocenters. The molecule has 6 heteroatoms. The van der Waals surface area contributed by atoms with Gasteiger partial charge in [-0.2, -0.15) is 0 Å². The lowest BCUT2D eigenvalue weighted by atomic mass is 10.1. The summed E-state index contributed by atoms with van der Waals surface area (Å²) in [6.45, 7) is 1.74. The third-order valence-corrected chi connectivity index (χ3v) is 6.48. The smallest absolute Gasteiger partial charge is 0.159 e. The summed E-state index contributed by atoms with van der Waals surface area (Å²) >= 11 is 1.69. The van der Waals surface area contributed by atoms with Crippen LogP contribution in [0.3, 0.4) is 0 Å². The predicted molar refractivity (Wildman–Crippen MR) is 116 cm³/mol. The van der Waals surface area contributed by atoms with E-state index in [9.17, 15) is 8.78 Å². The highest BCUT2D eigenvalue weighted by Gasteiger charge is 2.24. The van der Waals surface area contributed by atoms with Crippen LogP contribution in [0.4, 0.5) is 14.5 Å². The lowest BCUT2D eigenvalue weighted by Gasteiger charge is -2.25. The summed E-state index contributed by atoms with van der Waals surface area (Å²) in [5.41, 5.74) is 3.04. The first kappa shape index (κ1) is 20.7. The van der Waals surface area contributed by atoms with Crippen molar-refractivity contribution in [2.45, 2.75) is 23.1 Å². The number of benzene rings is 3. The zero-order valence-corrected chi connectivity index (χ0v) is 17.2. The fraction of sp³-hybridized carbons (Fsp3) is 0.250. The van der Waals surface area contributed by atoms with Gasteiger partial charge in [0.25, 0.3) is 0 Å². The summed E-state index contributed by atoms with van der Waals surface area (Å²) in [6, 6.07) is 20.3. The Balaban J connectivity index is 1.58. The quantitative estimate of drug-likeness (QED) is 0.557. The third kappa shape index (κ3) is 4.77. The summed E-state index contributed by atoms with van der Waals surface area (Å²) in [7, 11) is 0. The first-order valence-corrected chi connectivity index (χ1v) is 10.8. The van der Waals surface area contributed by atoms with Crippen molar-refractivity contribution >= 4 is 17.4 Å². The van der Waals surface area contributed by atoms with E-state index in [0.29, 0.717) is 6.54 Å². The normalized spacial score (nSPS) is 16.1. The van der Waals surface area contributed by atoms with Gasteiger partial charge in [0.2, 0.25) is 0 Å². The Labute approximate surface area is 179 Å². The molecule has 0 radical (unpaired) electrons. The van der Waals surface area contributed by atoms with Crippen LogP contribution in [0.2, 0.25) is 0 Å². The first-order chi connectivity index (χ1) is 14.6. The van der Waals surface area contributed by atoms with Crippen LogP contribution in [0, 0.1) is 11.6 Å². The van der Waals surface area contributed by atoms with Crippen LogP contribution in [0.25, 0.3) is 0 Å². The number of hydrogen-bond acceptors (Lipinski definition) is 4. The lowest BCUT2D eigenvalue weighted by molar-refractivity contribution is 0.201. The molecule has 0 spiro atoms. The molecular weight excluding hydrogens is 404 g/mol. The van der Waals surface area contributed by atoms with Gasteiger partial charge in [-0.1, -0.05) is 30.3 Å². The van der Waals surface area contributed by atoms with E-state index in [0.717, 1.165) is 40.4 Å². The maximum Gasteiger partial charge on any atom is 0.159 e. The number of aliphatic hydroxyl groups excluding tert-OH is 1. The van der Waals surface area contributed by atoms with Gasteiger partial charge >= 0.3 is 0 Å². The van der Waals surface area contributed by atoms with Crippen molar-refractivity contribution in [3.05, 3.63) is 89.5 Å². The van der Waals surface area contributed by atoms with E-state index >= 15 is 0 Å². The Kier molecular flexibility index (Phi) is 6.55. The number of nitrogens with zero attached hydrogens (tertiary/aromatic N) is 1. The zero-order valence-electron chi connectivity index (χ0n) is 16.4. The molecule has 0 fully saturated rings. The van der Waals surface area contributed by atoms with Crippen molar-refractivity contribution in [3.63, 3.8) is 0 Å². The maximum atomic E-state index is 13.8. The van der Waals surface area contributed by atoms with Gasteiger partial charge in [0.05, 0.1) is 12.3 Å². The lowest BCUT2D eigenvalue weighted by Crippen LogP contribution is -2.24. The number of fused-ring (bicyclic) bond motifs is 1. The Bertz CT molecular complexity index is 1010. The molecule has 1 N–H and O–H groups in total. The van der Waals surface area contributed by atoms with Crippen molar-refractivity contribution in [3.8, 4) is 5.75 Å². The van der Waals surface area contributed by atoms with Gasteiger partial charge < -0.3 is 14.7 Å². The minimum absolute atomic E-state index is 0.0215. The Hall–Kier alpha value is -2.57. The summed E-state index contributed by atoms with van der Waals surface area (Å²) in [5.74, 6) is -0.886. The van der Waals surface area contributed by atoms with E-state index in [2.05, 4.69) is 23.1 Å². The van der Waals surface area contributed by atoms with E-state index in [1.54, 1.807) is 17.8 Å². The van der Waals surface area contributed by atoms with Gasteiger partial charge in [-0.25, -0.2) is 8.78 Å². The van der Waals surface area contributed by atoms with Gasteiger partial charge in [-0.05, 0) is 53.9 Å². The molecule has 0 amide bonds. The Morgan fingerprint density at radius 3 is 2.70 bits per heavy atom. The second-order valence-electron chi connectivity index (χ2n) is 7.18. The number of para-hydroxylation sites is 1. The van der Waals surface area contributed by atoms with Gasteiger partial charge in [-0.15, -0.1) is 11.8 Å². The minimum Gasteiger partial charge on any atom is -0.491 e. The number of aliphatic hydroxyl groups is 1. The number of anilines is 1. The molecule has 0 bridgehead atoms. The van der Waals surface area contributed by atoms with E-state index in [1.165, 1.54) is 12.1 Å². The highest BCUT2D eigenvalue weighted by atomic mass is 32.2. The van der Waals surface area contributed by atoms with E-state index < -0.39 is 11.6 Å². The fourth-order valence-corrected chi connectivity index (χ4v) is 4.94. The molecule has 1 unspecified atom stereocenters. The monoisotopic (exact) mass is 427 g/mol. The van der Waals surface area contributed by atoms with Crippen LogP contribution in [0.5, 0.6) is 5.75 Å². The Morgan fingerprint density at radius 1 is 1.00 bits per heavy atom. The van der Waals surface area contributed by atoms with Gasteiger partial charge in [0.1, 0.15) is 12.4 Å². The third-order valence-electron chi connectivity index (χ3n) is 5.08. The van der Waals surface area contributed by atoms with Crippen LogP contribution < -0.4 is 9.64 Å². The van der Waals surface area contributed by atoms with Crippen LogP contribution >= 0.6 is 11.8 Å². The van der Waals surface area contributed by atoms with Crippen molar-refractivity contribution < 1.29 is 18.6 Å². The molecular formula is C24H23F2NO2S. The van der Waals surface area contributed by atoms with Crippen LogP contribution in [-0.4, -0.2) is 24.9 Å². The average molecular weight is 428 g/mol. The molecule has 1 heterocycles. The fourth-order valence-electron chi connectivity index (χ4n) is 3.65. The van der Waals surface area contributed by atoms with Gasteiger partial charge in [0.15, 0.2) is 11.6 Å². The molecule has 0 saturated carbocycles. The average Bonchev–Trinajstić information content (AvgIpc) is 2.94. The molecule has 0 aliphatic carbocycles. The van der Waals surface area contributed by atoms with E-state index in [4.69, 9.17) is 9.84 Å². The molecule has 1 aliphatic heterocycles. The summed E-state index contributed by atoms with van der Waals surface area (Å²) in [6.07, 6.45) is 0.811. The largest absolute Gasteiger partial charge is 0.491 e. The Morgan fingerprint density at radius 2 is 1.87 bits per heavy atom. The van der Waals surface area contributed by atoms with Crippen LogP contribution in [0.15, 0.2) is 71.6 Å².